The van der Waals surface area contributed by atoms with Gasteiger partial charge in [0.2, 0.25) is 0 Å². The van der Waals surface area contributed by atoms with E-state index in [9.17, 15) is 4.79 Å². The molecule has 168 valence electrons. The molecule has 1 heterocycles. The summed E-state index contributed by atoms with van der Waals surface area (Å²) in [5.74, 6) is 1.11. The van der Waals surface area contributed by atoms with Crippen molar-refractivity contribution < 1.29 is 14.3 Å². The van der Waals surface area contributed by atoms with Gasteiger partial charge in [0.05, 0.1) is 43.8 Å². The van der Waals surface area contributed by atoms with E-state index in [1.165, 1.54) is 23.5 Å². The van der Waals surface area contributed by atoms with Crippen molar-refractivity contribution in [2.45, 2.75) is 11.7 Å². The Hall–Kier alpha value is -3.78. The zero-order chi connectivity index (χ0) is 23.0. The first-order chi connectivity index (χ1) is 16.2. The van der Waals surface area contributed by atoms with Crippen molar-refractivity contribution in [1.82, 2.24) is 15.0 Å². The third kappa shape index (κ3) is 5.35. The average Bonchev–Trinajstić information content (AvgIpc) is 3.20. The van der Waals surface area contributed by atoms with Crippen LogP contribution in [-0.4, -0.2) is 41.6 Å². The number of nitrogens with one attached hydrogen (secondary N) is 1. The maximum Gasteiger partial charge on any atom is 0.250 e. The predicted molar refractivity (Wildman–Crippen MR) is 131 cm³/mol. The standard InChI is InChI=1S/C25H24N4O3S/c1-31-22-14-8-11-19(24(22)32-2)15-26-28-23(30)17-33-25-27-20-12-6-7-13-21(20)29(25)16-18-9-4-3-5-10-18/h3-15H,16-17H2,1-2H3,(H,28,30)/b26-15+. The molecule has 0 radical (unpaired) electrons. The van der Waals surface area contributed by atoms with Gasteiger partial charge >= 0.3 is 0 Å². The number of hydrogen-bond donors (Lipinski definition) is 1. The van der Waals surface area contributed by atoms with E-state index >= 15 is 0 Å². The fourth-order valence-corrected chi connectivity index (χ4v) is 4.24. The molecule has 0 saturated heterocycles. The van der Waals surface area contributed by atoms with Gasteiger partial charge in [-0.3, -0.25) is 4.79 Å². The first-order valence-corrected chi connectivity index (χ1v) is 11.3. The van der Waals surface area contributed by atoms with Crippen LogP contribution in [0.5, 0.6) is 11.5 Å². The molecule has 1 amide bonds. The molecular weight excluding hydrogens is 436 g/mol. The predicted octanol–water partition coefficient (Wildman–Crippen LogP) is 4.34. The Morgan fingerprint density at radius 1 is 1.03 bits per heavy atom. The van der Waals surface area contributed by atoms with E-state index in [1.807, 2.05) is 54.6 Å². The van der Waals surface area contributed by atoms with E-state index in [0.717, 1.165) is 16.2 Å². The quantitative estimate of drug-likeness (QED) is 0.228. The largest absolute Gasteiger partial charge is 0.493 e. The van der Waals surface area contributed by atoms with Crippen LogP contribution in [0.3, 0.4) is 0 Å². The number of rotatable bonds is 9. The van der Waals surface area contributed by atoms with Gasteiger partial charge in [0, 0.05) is 5.56 Å². The van der Waals surface area contributed by atoms with Gasteiger partial charge in [-0.1, -0.05) is 60.3 Å². The molecule has 0 aliphatic carbocycles. The van der Waals surface area contributed by atoms with Crippen molar-refractivity contribution in [2.75, 3.05) is 20.0 Å². The van der Waals surface area contributed by atoms with E-state index in [2.05, 4.69) is 27.2 Å². The molecule has 8 heteroatoms. The van der Waals surface area contributed by atoms with E-state index in [1.54, 1.807) is 20.3 Å². The molecule has 0 fully saturated rings. The van der Waals surface area contributed by atoms with E-state index in [-0.39, 0.29) is 11.7 Å². The summed E-state index contributed by atoms with van der Waals surface area (Å²) >= 11 is 1.38. The van der Waals surface area contributed by atoms with Crippen LogP contribution >= 0.6 is 11.8 Å². The average molecular weight is 461 g/mol. The van der Waals surface area contributed by atoms with Crippen molar-refractivity contribution in [1.29, 1.82) is 0 Å². The van der Waals surface area contributed by atoms with E-state index in [4.69, 9.17) is 14.5 Å². The number of carbonyl (C=O) groups excluding carboxylic acids is 1. The highest BCUT2D eigenvalue weighted by Gasteiger charge is 2.13. The Kier molecular flexibility index (Phi) is 7.26. The molecule has 4 rings (SSSR count). The second-order valence-electron chi connectivity index (χ2n) is 7.12. The first-order valence-electron chi connectivity index (χ1n) is 10.3. The lowest BCUT2D eigenvalue weighted by Gasteiger charge is -2.09. The number of para-hydroxylation sites is 3. The fourth-order valence-electron chi connectivity index (χ4n) is 3.43. The number of benzene rings is 3. The van der Waals surface area contributed by atoms with Crippen molar-refractivity contribution >= 4 is 34.9 Å². The topological polar surface area (TPSA) is 77.7 Å². The van der Waals surface area contributed by atoms with Gasteiger partial charge in [-0.05, 0) is 29.8 Å². The Balaban J connectivity index is 1.44. The smallest absolute Gasteiger partial charge is 0.250 e. The summed E-state index contributed by atoms with van der Waals surface area (Å²) in [5.41, 5.74) is 6.38. The molecule has 33 heavy (non-hydrogen) atoms. The zero-order valence-electron chi connectivity index (χ0n) is 18.4. The van der Waals surface area contributed by atoms with Gasteiger partial charge in [0.1, 0.15) is 0 Å². The lowest BCUT2D eigenvalue weighted by atomic mass is 10.2. The molecular formula is C25H24N4O3S. The van der Waals surface area contributed by atoms with Crippen LogP contribution in [-0.2, 0) is 11.3 Å². The number of thioether (sulfide) groups is 1. The second kappa shape index (κ2) is 10.7. The Labute approximate surface area is 196 Å². The van der Waals surface area contributed by atoms with Crippen LogP contribution in [0.2, 0.25) is 0 Å². The number of amides is 1. The Bertz CT molecular complexity index is 1270. The number of methoxy groups -OCH3 is 2. The summed E-state index contributed by atoms with van der Waals surface area (Å²) in [6.07, 6.45) is 1.54. The molecule has 0 aliphatic rings. The van der Waals surface area contributed by atoms with E-state index < -0.39 is 0 Å². The molecule has 3 aromatic carbocycles. The molecule has 0 bridgehead atoms. The highest BCUT2D eigenvalue weighted by atomic mass is 32.2. The monoisotopic (exact) mass is 460 g/mol. The number of ether oxygens (including phenoxy) is 2. The van der Waals surface area contributed by atoms with Crippen LogP contribution in [0.25, 0.3) is 11.0 Å². The number of hydrogen-bond acceptors (Lipinski definition) is 6. The molecule has 7 nitrogen and oxygen atoms in total. The van der Waals surface area contributed by atoms with Gasteiger partial charge < -0.3 is 14.0 Å². The molecule has 0 atom stereocenters. The molecule has 0 spiro atoms. The number of fused-ring (bicyclic) bond motifs is 1. The van der Waals surface area contributed by atoms with Gasteiger partial charge in [-0.25, -0.2) is 10.4 Å². The van der Waals surface area contributed by atoms with Gasteiger partial charge in [-0.15, -0.1) is 0 Å². The highest BCUT2D eigenvalue weighted by Crippen LogP contribution is 2.29. The van der Waals surface area contributed by atoms with Crippen LogP contribution in [0.4, 0.5) is 0 Å². The molecule has 1 aromatic heterocycles. The van der Waals surface area contributed by atoms with Crippen LogP contribution < -0.4 is 14.9 Å². The fraction of sp³-hybridized carbons (Fsp3) is 0.160. The normalized spacial score (nSPS) is 11.1. The van der Waals surface area contributed by atoms with Gasteiger partial charge in [-0.2, -0.15) is 5.10 Å². The second-order valence-corrected chi connectivity index (χ2v) is 8.06. The van der Waals surface area contributed by atoms with Gasteiger partial charge in [0.15, 0.2) is 16.7 Å². The summed E-state index contributed by atoms with van der Waals surface area (Å²) in [6, 6.07) is 23.6. The van der Waals surface area contributed by atoms with Crippen molar-refractivity contribution in [3.63, 3.8) is 0 Å². The summed E-state index contributed by atoms with van der Waals surface area (Å²) in [7, 11) is 3.13. The molecule has 0 unspecified atom stereocenters. The maximum absolute atomic E-state index is 12.4. The van der Waals surface area contributed by atoms with Crippen LogP contribution in [0, 0.1) is 0 Å². The zero-order valence-corrected chi connectivity index (χ0v) is 19.2. The first kappa shape index (κ1) is 22.4. The molecule has 1 N–H and O–H groups in total. The minimum atomic E-state index is -0.226. The summed E-state index contributed by atoms with van der Waals surface area (Å²) in [4.78, 5) is 17.2. The lowest BCUT2D eigenvalue weighted by Crippen LogP contribution is -2.20. The van der Waals surface area contributed by atoms with Gasteiger partial charge in [0.25, 0.3) is 5.91 Å². The SMILES string of the molecule is COc1cccc(/C=N/NC(=O)CSc2nc3ccccc3n2Cc2ccccc2)c1OC. The number of imidazole rings is 1. The third-order valence-electron chi connectivity index (χ3n) is 4.96. The molecule has 0 aliphatic heterocycles. The minimum absolute atomic E-state index is 0.185. The van der Waals surface area contributed by atoms with Crippen LogP contribution in [0.1, 0.15) is 11.1 Å². The Morgan fingerprint density at radius 2 is 1.82 bits per heavy atom. The Morgan fingerprint density at radius 3 is 2.61 bits per heavy atom. The van der Waals surface area contributed by atoms with Crippen molar-refractivity contribution in [3.05, 3.63) is 83.9 Å². The maximum atomic E-state index is 12.4. The molecule has 4 aromatic rings. The van der Waals surface area contributed by atoms with Crippen molar-refractivity contribution in [2.24, 2.45) is 5.10 Å². The summed E-state index contributed by atoms with van der Waals surface area (Å²) in [5, 5.41) is 4.86. The summed E-state index contributed by atoms with van der Waals surface area (Å²) < 4.78 is 12.8. The number of hydrazone groups is 1. The molecule has 0 saturated carbocycles. The summed E-state index contributed by atoms with van der Waals surface area (Å²) in [6.45, 7) is 0.680. The lowest BCUT2D eigenvalue weighted by molar-refractivity contribution is -0.118. The number of carbonyl (C=O) groups is 1. The van der Waals surface area contributed by atoms with Crippen molar-refractivity contribution in [3.8, 4) is 11.5 Å². The van der Waals surface area contributed by atoms with E-state index in [0.29, 0.717) is 23.6 Å². The van der Waals surface area contributed by atoms with Crippen LogP contribution in [0.15, 0.2) is 83.1 Å². The third-order valence-corrected chi connectivity index (χ3v) is 5.94. The minimum Gasteiger partial charge on any atom is -0.493 e. The number of aromatic nitrogens is 2. The highest BCUT2D eigenvalue weighted by molar-refractivity contribution is 7.99. The number of nitrogens with zero attached hydrogens (tertiary/aromatic N) is 3.